The van der Waals surface area contributed by atoms with Gasteiger partial charge in [-0.25, -0.2) is 9.55 Å². The van der Waals surface area contributed by atoms with E-state index < -0.39 is 6.10 Å². The first kappa shape index (κ1) is 17.2. The summed E-state index contributed by atoms with van der Waals surface area (Å²) in [5.41, 5.74) is 0. The Bertz CT molecular complexity index is 333. The standard InChI is InChI=1S/C17H32N2O/c1-3-4-5-6-7-8-9-10-11-12-14-19-15-13-18-17(19)16(2)20/h13,15-16,20H,3-12,14H2,1-2H3/p+1. The molecule has 0 amide bonds. The van der Waals surface area contributed by atoms with Gasteiger partial charge >= 0.3 is 0 Å². The maximum Gasteiger partial charge on any atom is 0.283 e. The summed E-state index contributed by atoms with van der Waals surface area (Å²) >= 11 is 0. The normalized spacial score (nSPS) is 12.8. The number of aliphatic hydroxyl groups is 1. The monoisotopic (exact) mass is 281 g/mol. The fourth-order valence-electron chi connectivity index (χ4n) is 2.70. The summed E-state index contributed by atoms with van der Waals surface area (Å²) < 4.78 is 2.13. The van der Waals surface area contributed by atoms with E-state index in [1.54, 1.807) is 6.92 Å². The van der Waals surface area contributed by atoms with E-state index in [0.717, 1.165) is 12.4 Å². The quantitative estimate of drug-likeness (QED) is 0.436. The van der Waals surface area contributed by atoms with Crippen molar-refractivity contribution in [1.29, 1.82) is 0 Å². The van der Waals surface area contributed by atoms with E-state index >= 15 is 0 Å². The van der Waals surface area contributed by atoms with Gasteiger partial charge in [-0.05, 0) is 19.8 Å². The van der Waals surface area contributed by atoms with Gasteiger partial charge in [-0.3, -0.25) is 0 Å². The molecule has 1 atom stereocenters. The molecule has 1 aromatic heterocycles. The molecule has 0 radical (unpaired) electrons. The van der Waals surface area contributed by atoms with Gasteiger partial charge in [0.1, 0.15) is 12.4 Å². The fraction of sp³-hybridized carbons (Fsp3) is 0.824. The van der Waals surface area contributed by atoms with E-state index in [2.05, 4.69) is 16.5 Å². The topological polar surface area (TPSA) is 39.9 Å². The highest BCUT2D eigenvalue weighted by Gasteiger charge is 2.14. The van der Waals surface area contributed by atoms with Gasteiger partial charge in [-0.15, -0.1) is 0 Å². The smallest absolute Gasteiger partial charge is 0.283 e. The van der Waals surface area contributed by atoms with Gasteiger partial charge in [-0.1, -0.05) is 58.3 Å². The van der Waals surface area contributed by atoms with Gasteiger partial charge in [0.25, 0.3) is 5.82 Å². The minimum absolute atomic E-state index is 0.409. The zero-order valence-corrected chi connectivity index (χ0v) is 13.4. The third-order valence-electron chi connectivity index (χ3n) is 3.94. The highest BCUT2D eigenvalue weighted by atomic mass is 16.3. The summed E-state index contributed by atoms with van der Waals surface area (Å²) in [6.45, 7) is 5.09. The summed E-state index contributed by atoms with van der Waals surface area (Å²) in [6, 6.07) is 0. The lowest BCUT2D eigenvalue weighted by atomic mass is 10.1. The highest BCUT2D eigenvalue weighted by Crippen LogP contribution is 2.10. The Morgan fingerprint density at radius 1 is 1.00 bits per heavy atom. The van der Waals surface area contributed by atoms with Crippen molar-refractivity contribution in [1.82, 2.24) is 4.98 Å². The number of aryl methyl sites for hydroxylation is 1. The average molecular weight is 281 g/mol. The van der Waals surface area contributed by atoms with Gasteiger partial charge in [0, 0.05) is 0 Å². The number of unbranched alkanes of at least 4 members (excludes halogenated alkanes) is 9. The number of H-pyrrole nitrogens is 1. The molecule has 20 heavy (non-hydrogen) atoms. The molecule has 0 bridgehead atoms. The molecule has 3 nitrogen and oxygen atoms in total. The maximum atomic E-state index is 9.60. The Hall–Kier alpha value is -0.830. The largest absolute Gasteiger partial charge is 0.381 e. The number of aliphatic hydroxyl groups excluding tert-OH is 1. The molecule has 1 rings (SSSR count). The van der Waals surface area contributed by atoms with Crippen LogP contribution >= 0.6 is 0 Å². The Balaban J connectivity index is 1.96. The van der Waals surface area contributed by atoms with Gasteiger partial charge in [-0.2, -0.15) is 0 Å². The molecule has 1 aromatic rings. The first-order valence-corrected chi connectivity index (χ1v) is 8.50. The number of imidazole rings is 1. The van der Waals surface area contributed by atoms with Gasteiger partial charge in [0.05, 0.1) is 6.54 Å². The van der Waals surface area contributed by atoms with E-state index in [1.807, 2.05) is 12.4 Å². The van der Waals surface area contributed by atoms with Crippen molar-refractivity contribution in [2.45, 2.75) is 90.7 Å². The van der Waals surface area contributed by atoms with Crippen molar-refractivity contribution in [2.75, 3.05) is 0 Å². The van der Waals surface area contributed by atoms with Crippen LogP contribution < -0.4 is 4.57 Å². The predicted molar refractivity (Wildman–Crippen MR) is 83.5 cm³/mol. The third kappa shape index (κ3) is 7.09. The van der Waals surface area contributed by atoms with Crippen molar-refractivity contribution in [2.24, 2.45) is 0 Å². The van der Waals surface area contributed by atoms with Gasteiger partial charge in [0.2, 0.25) is 0 Å². The number of rotatable bonds is 12. The van der Waals surface area contributed by atoms with Crippen LogP contribution in [-0.4, -0.2) is 10.1 Å². The van der Waals surface area contributed by atoms with Crippen molar-refractivity contribution in [3.8, 4) is 0 Å². The first-order valence-electron chi connectivity index (χ1n) is 8.50. The summed E-state index contributed by atoms with van der Waals surface area (Å²) in [5.74, 6) is 0.918. The number of aromatic nitrogens is 2. The van der Waals surface area contributed by atoms with Crippen LogP contribution in [0.15, 0.2) is 12.4 Å². The molecule has 0 saturated heterocycles. The minimum Gasteiger partial charge on any atom is -0.381 e. The van der Waals surface area contributed by atoms with E-state index in [0.29, 0.717) is 0 Å². The Labute approximate surface area is 124 Å². The number of hydrogen-bond acceptors (Lipinski definition) is 1. The van der Waals surface area contributed by atoms with Crippen LogP contribution in [0.2, 0.25) is 0 Å². The third-order valence-corrected chi connectivity index (χ3v) is 3.94. The van der Waals surface area contributed by atoms with Crippen LogP contribution in [0.1, 0.15) is 90.0 Å². The molecule has 0 spiro atoms. The Morgan fingerprint density at radius 2 is 1.55 bits per heavy atom. The lowest BCUT2D eigenvalue weighted by Crippen LogP contribution is -2.37. The molecule has 116 valence electrons. The zero-order valence-electron chi connectivity index (χ0n) is 13.4. The van der Waals surface area contributed by atoms with Crippen molar-refractivity contribution in [3.05, 3.63) is 18.2 Å². The van der Waals surface area contributed by atoms with Crippen LogP contribution in [-0.2, 0) is 6.54 Å². The molecule has 3 heteroatoms. The molecule has 0 fully saturated rings. The SMILES string of the molecule is CCCCCCCCCCCC[n+]1cc[nH]c1C(C)O. The summed E-state index contributed by atoms with van der Waals surface area (Å²) in [7, 11) is 0. The van der Waals surface area contributed by atoms with Crippen LogP contribution in [0.4, 0.5) is 0 Å². The molecule has 0 saturated carbocycles. The van der Waals surface area contributed by atoms with E-state index in [1.165, 1.54) is 64.2 Å². The zero-order chi connectivity index (χ0) is 14.6. The Morgan fingerprint density at radius 3 is 2.10 bits per heavy atom. The molecule has 0 aliphatic carbocycles. The van der Waals surface area contributed by atoms with Gasteiger partial charge in [0.15, 0.2) is 6.10 Å². The van der Waals surface area contributed by atoms with Crippen LogP contribution in [0.3, 0.4) is 0 Å². The second-order valence-corrected chi connectivity index (χ2v) is 5.90. The summed E-state index contributed by atoms with van der Waals surface area (Å²) in [5, 5.41) is 9.60. The molecule has 1 unspecified atom stereocenters. The van der Waals surface area contributed by atoms with Crippen LogP contribution in [0, 0.1) is 0 Å². The van der Waals surface area contributed by atoms with E-state index in [9.17, 15) is 5.11 Å². The number of nitrogens with zero attached hydrogens (tertiary/aromatic N) is 1. The molecule has 2 N–H and O–H groups in total. The van der Waals surface area contributed by atoms with Gasteiger partial charge < -0.3 is 5.11 Å². The van der Waals surface area contributed by atoms with Crippen LogP contribution in [0.5, 0.6) is 0 Å². The second-order valence-electron chi connectivity index (χ2n) is 5.90. The van der Waals surface area contributed by atoms with Crippen LogP contribution in [0.25, 0.3) is 0 Å². The van der Waals surface area contributed by atoms with Crippen molar-refractivity contribution < 1.29 is 9.67 Å². The maximum absolute atomic E-state index is 9.60. The number of hydrogen-bond donors (Lipinski definition) is 2. The fourth-order valence-corrected chi connectivity index (χ4v) is 2.70. The Kier molecular flexibility index (Phi) is 9.38. The van der Waals surface area contributed by atoms with E-state index in [-0.39, 0.29) is 0 Å². The minimum atomic E-state index is -0.409. The molecule has 0 aromatic carbocycles. The number of nitrogens with one attached hydrogen (secondary N) is 1. The summed E-state index contributed by atoms with van der Waals surface area (Å²) in [4.78, 5) is 3.10. The lowest BCUT2D eigenvalue weighted by molar-refractivity contribution is -0.706. The highest BCUT2D eigenvalue weighted by molar-refractivity contribution is 4.80. The molecule has 1 heterocycles. The summed E-state index contributed by atoms with van der Waals surface area (Å²) in [6.07, 6.45) is 17.2. The molecule has 0 aliphatic rings. The van der Waals surface area contributed by atoms with Crippen molar-refractivity contribution in [3.63, 3.8) is 0 Å². The van der Waals surface area contributed by atoms with Crippen molar-refractivity contribution >= 4 is 0 Å². The molecular weight excluding hydrogens is 248 g/mol. The second kappa shape index (κ2) is 10.9. The molecule has 0 aliphatic heterocycles. The predicted octanol–water partition coefficient (Wildman–Crippen LogP) is 4.28. The first-order chi connectivity index (χ1) is 9.75. The number of aromatic amines is 1. The van der Waals surface area contributed by atoms with E-state index in [4.69, 9.17) is 0 Å². The molecular formula is C17H33N2O+. The average Bonchev–Trinajstić information content (AvgIpc) is 2.89. The lowest BCUT2D eigenvalue weighted by Gasteiger charge is -2.04.